The molecule has 0 radical (unpaired) electrons. The first-order chi connectivity index (χ1) is 12.6. The monoisotopic (exact) mass is 413 g/mol. The van der Waals surface area contributed by atoms with Gasteiger partial charge in [-0.3, -0.25) is 9.59 Å². The first-order valence-corrected chi connectivity index (χ1v) is 8.65. The third kappa shape index (κ3) is 4.97. The van der Waals surface area contributed by atoms with E-state index in [1.54, 1.807) is 18.2 Å². The van der Waals surface area contributed by atoms with Crippen LogP contribution in [0.1, 0.15) is 10.6 Å². The highest BCUT2D eigenvalue weighted by atomic mass is 79.9. The molecule has 132 valence electrons. The summed E-state index contributed by atoms with van der Waals surface area (Å²) in [4.78, 5) is 23.8. The lowest BCUT2D eigenvalue weighted by Crippen LogP contribution is -2.32. The zero-order valence-corrected chi connectivity index (χ0v) is 15.2. The normalized spacial score (nSPS) is 10.2. The average molecular weight is 414 g/mol. The lowest BCUT2D eigenvalue weighted by molar-refractivity contribution is -0.115. The van der Waals surface area contributed by atoms with Gasteiger partial charge in [-0.05, 0) is 64.5 Å². The highest BCUT2D eigenvalue weighted by Gasteiger charge is 2.11. The predicted molar refractivity (Wildman–Crippen MR) is 104 cm³/mol. The molecular formula is C19H16BrN3O3. The number of nitrogens with one attached hydrogen (secondary N) is 3. The fourth-order valence-corrected chi connectivity index (χ4v) is 2.52. The molecule has 3 rings (SSSR count). The number of para-hydroxylation sites is 1. The van der Waals surface area contributed by atoms with Crippen molar-refractivity contribution in [3.05, 3.63) is 77.2 Å². The van der Waals surface area contributed by atoms with Gasteiger partial charge in [-0.1, -0.05) is 18.2 Å². The van der Waals surface area contributed by atoms with Crippen molar-refractivity contribution in [1.29, 1.82) is 0 Å². The van der Waals surface area contributed by atoms with Crippen LogP contribution in [0.25, 0.3) is 0 Å². The van der Waals surface area contributed by atoms with Crippen molar-refractivity contribution in [2.75, 3.05) is 17.2 Å². The summed E-state index contributed by atoms with van der Waals surface area (Å²) in [6.07, 6.45) is 0. The molecule has 0 fully saturated rings. The zero-order valence-electron chi connectivity index (χ0n) is 13.7. The maximum atomic E-state index is 11.9. The van der Waals surface area contributed by atoms with Crippen LogP contribution in [0.2, 0.25) is 0 Å². The summed E-state index contributed by atoms with van der Waals surface area (Å²) in [5, 5.41) is 8.48. The zero-order chi connectivity index (χ0) is 18.4. The minimum atomic E-state index is -0.451. The van der Waals surface area contributed by atoms with Crippen LogP contribution in [0.15, 0.2) is 75.8 Å². The molecule has 0 aliphatic rings. The number of amides is 2. The Morgan fingerprint density at radius 1 is 0.846 bits per heavy atom. The lowest BCUT2D eigenvalue weighted by atomic mass is 10.2. The standard InChI is InChI=1S/C19H16BrN3O3/c20-17-11-10-16(26-17)19(25)21-12-18(24)23-15-8-6-14(7-9-15)22-13-4-2-1-3-5-13/h1-11,22H,12H2,(H,21,25)(H,23,24). The molecule has 0 aliphatic heterocycles. The van der Waals surface area contributed by atoms with Crippen molar-refractivity contribution in [1.82, 2.24) is 5.32 Å². The molecule has 0 saturated carbocycles. The highest BCUT2D eigenvalue weighted by molar-refractivity contribution is 9.10. The summed E-state index contributed by atoms with van der Waals surface area (Å²) in [6.45, 7) is -0.152. The van der Waals surface area contributed by atoms with E-state index in [0.717, 1.165) is 11.4 Å². The van der Waals surface area contributed by atoms with E-state index in [4.69, 9.17) is 4.42 Å². The molecular weight excluding hydrogens is 398 g/mol. The minimum Gasteiger partial charge on any atom is -0.444 e. The predicted octanol–water partition coefficient (Wildman–Crippen LogP) is 4.15. The van der Waals surface area contributed by atoms with Gasteiger partial charge in [-0.25, -0.2) is 0 Å². The number of carbonyl (C=O) groups excluding carboxylic acids is 2. The molecule has 0 bridgehead atoms. The fraction of sp³-hybridized carbons (Fsp3) is 0.0526. The molecule has 0 atom stereocenters. The van der Waals surface area contributed by atoms with Gasteiger partial charge in [0.05, 0.1) is 6.54 Å². The summed E-state index contributed by atoms with van der Waals surface area (Å²) >= 11 is 3.12. The molecule has 0 spiro atoms. The van der Waals surface area contributed by atoms with Crippen LogP contribution in [0, 0.1) is 0 Å². The number of anilines is 3. The van der Waals surface area contributed by atoms with Crippen molar-refractivity contribution in [3.63, 3.8) is 0 Å². The van der Waals surface area contributed by atoms with Gasteiger partial charge in [0, 0.05) is 17.1 Å². The first kappa shape index (κ1) is 17.8. The summed E-state index contributed by atoms with van der Waals surface area (Å²) in [6, 6.07) is 20.2. The molecule has 1 heterocycles. The largest absolute Gasteiger partial charge is 0.444 e. The Labute approximate surface area is 158 Å². The van der Waals surface area contributed by atoms with E-state index < -0.39 is 5.91 Å². The van der Waals surface area contributed by atoms with E-state index >= 15 is 0 Å². The molecule has 0 aliphatic carbocycles. The van der Waals surface area contributed by atoms with Gasteiger partial charge in [0.1, 0.15) is 0 Å². The van der Waals surface area contributed by atoms with Gasteiger partial charge in [0.15, 0.2) is 10.4 Å². The molecule has 2 amide bonds. The van der Waals surface area contributed by atoms with Crippen molar-refractivity contribution >= 4 is 44.8 Å². The average Bonchev–Trinajstić information content (AvgIpc) is 3.09. The third-order valence-electron chi connectivity index (χ3n) is 3.44. The van der Waals surface area contributed by atoms with Crippen LogP contribution in [0.3, 0.4) is 0 Å². The van der Waals surface area contributed by atoms with E-state index in [-0.39, 0.29) is 18.2 Å². The van der Waals surface area contributed by atoms with Crippen LogP contribution < -0.4 is 16.0 Å². The number of furan rings is 1. The van der Waals surface area contributed by atoms with E-state index in [2.05, 4.69) is 31.9 Å². The maximum absolute atomic E-state index is 11.9. The molecule has 0 unspecified atom stereocenters. The van der Waals surface area contributed by atoms with Crippen LogP contribution >= 0.6 is 15.9 Å². The number of benzene rings is 2. The SMILES string of the molecule is O=C(CNC(=O)c1ccc(Br)o1)Nc1ccc(Nc2ccccc2)cc1. The summed E-state index contributed by atoms with van der Waals surface area (Å²) in [5.74, 6) is -0.637. The Morgan fingerprint density at radius 2 is 1.50 bits per heavy atom. The molecule has 6 nitrogen and oxygen atoms in total. The van der Waals surface area contributed by atoms with Crippen molar-refractivity contribution < 1.29 is 14.0 Å². The lowest BCUT2D eigenvalue weighted by Gasteiger charge is -2.09. The number of hydrogen-bond acceptors (Lipinski definition) is 4. The molecule has 0 saturated heterocycles. The number of halogens is 1. The summed E-state index contributed by atoms with van der Waals surface area (Å²) in [7, 11) is 0. The molecule has 2 aromatic carbocycles. The van der Waals surface area contributed by atoms with Crippen molar-refractivity contribution in [3.8, 4) is 0 Å². The van der Waals surface area contributed by atoms with E-state index in [9.17, 15) is 9.59 Å². The maximum Gasteiger partial charge on any atom is 0.287 e. The Morgan fingerprint density at radius 3 is 2.15 bits per heavy atom. The van der Waals surface area contributed by atoms with E-state index in [0.29, 0.717) is 10.4 Å². The number of carbonyl (C=O) groups is 2. The van der Waals surface area contributed by atoms with Gasteiger partial charge in [0.2, 0.25) is 5.91 Å². The van der Waals surface area contributed by atoms with Crippen molar-refractivity contribution in [2.45, 2.75) is 0 Å². The summed E-state index contributed by atoms with van der Waals surface area (Å²) in [5.41, 5.74) is 2.53. The third-order valence-corrected chi connectivity index (χ3v) is 3.86. The smallest absolute Gasteiger partial charge is 0.287 e. The Balaban J connectivity index is 1.49. The second-order valence-corrected chi connectivity index (χ2v) is 6.18. The second kappa shape index (κ2) is 8.35. The fourth-order valence-electron chi connectivity index (χ4n) is 2.21. The molecule has 3 N–H and O–H groups in total. The summed E-state index contributed by atoms with van der Waals surface area (Å²) < 4.78 is 5.58. The second-order valence-electron chi connectivity index (χ2n) is 5.40. The van der Waals surface area contributed by atoms with Crippen molar-refractivity contribution in [2.24, 2.45) is 0 Å². The molecule has 1 aromatic heterocycles. The van der Waals surface area contributed by atoms with E-state index in [1.165, 1.54) is 6.07 Å². The molecule has 7 heteroatoms. The highest BCUT2D eigenvalue weighted by Crippen LogP contribution is 2.18. The number of hydrogen-bond donors (Lipinski definition) is 3. The van der Waals surface area contributed by atoms with Gasteiger partial charge in [-0.15, -0.1) is 0 Å². The van der Waals surface area contributed by atoms with Gasteiger partial charge in [0.25, 0.3) is 5.91 Å². The Hall–Kier alpha value is -3.06. The van der Waals surface area contributed by atoms with Crippen LogP contribution in [0.5, 0.6) is 0 Å². The minimum absolute atomic E-state index is 0.140. The quantitative estimate of drug-likeness (QED) is 0.566. The first-order valence-electron chi connectivity index (χ1n) is 7.86. The van der Waals surface area contributed by atoms with Crippen LogP contribution in [0.4, 0.5) is 17.1 Å². The molecule has 3 aromatic rings. The Kier molecular flexibility index (Phi) is 5.70. The van der Waals surface area contributed by atoms with Crippen LogP contribution in [-0.2, 0) is 4.79 Å². The Bertz CT molecular complexity index is 892. The van der Waals surface area contributed by atoms with Gasteiger partial charge >= 0.3 is 0 Å². The number of rotatable bonds is 6. The van der Waals surface area contributed by atoms with Gasteiger partial charge < -0.3 is 20.4 Å². The molecule has 26 heavy (non-hydrogen) atoms. The van der Waals surface area contributed by atoms with E-state index in [1.807, 2.05) is 42.5 Å². The van der Waals surface area contributed by atoms with Crippen LogP contribution in [-0.4, -0.2) is 18.4 Å². The van der Waals surface area contributed by atoms with Gasteiger partial charge in [-0.2, -0.15) is 0 Å². The topological polar surface area (TPSA) is 83.4 Å².